The van der Waals surface area contributed by atoms with Crippen LogP contribution in [-0.4, -0.2) is 0 Å². The molecule has 0 unspecified atom stereocenters. The van der Waals surface area contributed by atoms with Gasteiger partial charge in [0.25, 0.3) is 0 Å². The van der Waals surface area contributed by atoms with E-state index in [1.165, 1.54) is 64.3 Å². The second kappa shape index (κ2) is 6.29. The fraction of sp³-hybridized carbons (Fsp3) is 0.333. The van der Waals surface area contributed by atoms with Crippen molar-refractivity contribution in [2.24, 2.45) is 0 Å². The lowest BCUT2D eigenvalue weighted by Gasteiger charge is -2.35. The summed E-state index contributed by atoms with van der Waals surface area (Å²) in [5.74, 6) is 0. The molecular formula is C24H25Br. The molecule has 128 valence electrons. The van der Waals surface area contributed by atoms with E-state index in [0.717, 1.165) is 4.47 Å². The molecule has 3 aromatic carbocycles. The second-order valence-electron chi connectivity index (χ2n) is 7.77. The highest BCUT2D eigenvalue weighted by Crippen LogP contribution is 2.49. The van der Waals surface area contributed by atoms with Gasteiger partial charge in [-0.15, -0.1) is 0 Å². The second-order valence-corrected chi connectivity index (χ2v) is 8.69. The maximum atomic E-state index is 3.67. The summed E-state index contributed by atoms with van der Waals surface area (Å²) in [6.07, 6.45) is 5.05. The molecule has 0 saturated carbocycles. The number of aryl methyl sites for hydroxylation is 1. The Morgan fingerprint density at radius 1 is 0.880 bits per heavy atom. The molecule has 0 bridgehead atoms. The molecular weight excluding hydrogens is 368 g/mol. The number of rotatable bonds is 4. The highest BCUT2D eigenvalue weighted by atomic mass is 79.9. The van der Waals surface area contributed by atoms with Crippen LogP contribution in [0.25, 0.3) is 21.9 Å². The van der Waals surface area contributed by atoms with Crippen molar-refractivity contribution < 1.29 is 0 Å². The molecule has 0 spiro atoms. The summed E-state index contributed by atoms with van der Waals surface area (Å²) >= 11 is 3.67. The fourth-order valence-corrected chi connectivity index (χ4v) is 4.77. The minimum absolute atomic E-state index is 0.0215. The molecule has 0 aliphatic heterocycles. The minimum atomic E-state index is 0.0215. The quantitative estimate of drug-likeness (QED) is 0.400. The molecule has 0 N–H and O–H groups in total. The Hall–Kier alpha value is -1.60. The van der Waals surface area contributed by atoms with Crippen LogP contribution in [0.2, 0.25) is 0 Å². The van der Waals surface area contributed by atoms with Crippen LogP contribution in [0.1, 0.15) is 56.7 Å². The lowest BCUT2D eigenvalue weighted by atomic mass is 9.68. The molecule has 0 amide bonds. The molecule has 1 aliphatic carbocycles. The summed E-state index contributed by atoms with van der Waals surface area (Å²) in [7, 11) is 0. The Morgan fingerprint density at radius 3 is 2.48 bits per heavy atom. The van der Waals surface area contributed by atoms with E-state index >= 15 is 0 Å². The van der Waals surface area contributed by atoms with Crippen LogP contribution in [-0.2, 0) is 11.8 Å². The van der Waals surface area contributed by atoms with Crippen molar-refractivity contribution in [2.75, 3.05) is 0 Å². The SMILES string of the molecule is CCCCCc1ccc2c3c(cccc13)C(C)(C)c1cc(Br)ccc1-2. The highest BCUT2D eigenvalue weighted by molar-refractivity contribution is 9.10. The van der Waals surface area contributed by atoms with Gasteiger partial charge in [0.15, 0.2) is 0 Å². The Kier molecular flexibility index (Phi) is 4.24. The molecule has 25 heavy (non-hydrogen) atoms. The molecule has 0 atom stereocenters. The Morgan fingerprint density at radius 2 is 1.68 bits per heavy atom. The maximum absolute atomic E-state index is 3.67. The summed E-state index contributed by atoms with van der Waals surface area (Å²) in [5.41, 5.74) is 7.19. The van der Waals surface area contributed by atoms with Crippen LogP contribution in [0.4, 0.5) is 0 Å². The van der Waals surface area contributed by atoms with E-state index in [0.29, 0.717) is 0 Å². The van der Waals surface area contributed by atoms with Crippen molar-refractivity contribution in [2.45, 2.75) is 51.9 Å². The highest BCUT2D eigenvalue weighted by Gasteiger charge is 2.33. The van der Waals surface area contributed by atoms with Gasteiger partial charge in [0, 0.05) is 9.89 Å². The standard InChI is InChI=1S/C24H25Br/c1-4-5-6-8-16-11-13-20-19-14-12-17(25)15-22(19)24(2,3)21-10-7-9-18(16)23(20)21/h7,9-15H,4-6,8H2,1-3H3. The third-order valence-corrected chi connectivity index (χ3v) is 6.29. The molecule has 1 heteroatoms. The molecule has 0 heterocycles. The van der Waals surface area contributed by atoms with E-state index in [4.69, 9.17) is 0 Å². The van der Waals surface area contributed by atoms with Gasteiger partial charge in [0.2, 0.25) is 0 Å². The van der Waals surface area contributed by atoms with E-state index in [-0.39, 0.29) is 5.41 Å². The normalized spacial score (nSPS) is 14.6. The number of hydrogen-bond acceptors (Lipinski definition) is 0. The Labute approximate surface area is 159 Å². The van der Waals surface area contributed by atoms with Crippen molar-refractivity contribution in [1.29, 1.82) is 0 Å². The maximum Gasteiger partial charge on any atom is 0.0178 e. The zero-order valence-corrected chi connectivity index (χ0v) is 16.9. The molecule has 0 radical (unpaired) electrons. The van der Waals surface area contributed by atoms with E-state index in [1.54, 1.807) is 0 Å². The lowest BCUT2D eigenvalue weighted by Crippen LogP contribution is -2.23. The topological polar surface area (TPSA) is 0 Å². The number of halogens is 1. The van der Waals surface area contributed by atoms with Crippen LogP contribution >= 0.6 is 15.9 Å². The lowest BCUT2D eigenvalue weighted by molar-refractivity contribution is 0.644. The van der Waals surface area contributed by atoms with Crippen LogP contribution in [0.3, 0.4) is 0 Å². The first-order chi connectivity index (χ1) is 12.0. The van der Waals surface area contributed by atoms with Crippen molar-refractivity contribution in [3.63, 3.8) is 0 Å². The first-order valence-electron chi connectivity index (χ1n) is 9.39. The minimum Gasteiger partial charge on any atom is -0.0654 e. The largest absolute Gasteiger partial charge is 0.0654 e. The summed E-state index contributed by atoms with van der Waals surface area (Å²) in [6.45, 7) is 6.99. The number of unbranched alkanes of at least 4 members (excludes halogenated alkanes) is 2. The Bertz CT molecular complexity index is 950. The van der Waals surface area contributed by atoms with Crippen molar-refractivity contribution in [1.82, 2.24) is 0 Å². The number of fused-ring (bicyclic) bond motifs is 2. The van der Waals surface area contributed by atoms with Gasteiger partial charge in [-0.05, 0) is 63.6 Å². The summed E-state index contributed by atoms with van der Waals surface area (Å²) < 4.78 is 1.16. The van der Waals surface area contributed by atoms with E-state index in [1.807, 2.05) is 0 Å². The molecule has 0 fully saturated rings. The summed E-state index contributed by atoms with van der Waals surface area (Å²) in [5, 5.41) is 2.92. The van der Waals surface area contributed by atoms with Crippen molar-refractivity contribution in [3.8, 4) is 11.1 Å². The van der Waals surface area contributed by atoms with Crippen molar-refractivity contribution >= 4 is 26.7 Å². The molecule has 0 nitrogen and oxygen atoms in total. The smallest absolute Gasteiger partial charge is 0.0178 e. The van der Waals surface area contributed by atoms with Gasteiger partial charge in [0.05, 0.1) is 0 Å². The van der Waals surface area contributed by atoms with Gasteiger partial charge < -0.3 is 0 Å². The molecule has 4 rings (SSSR count). The summed E-state index contributed by atoms with van der Waals surface area (Å²) in [4.78, 5) is 0. The molecule has 1 aliphatic rings. The van der Waals surface area contributed by atoms with Crippen molar-refractivity contribution in [3.05, 3.63) is 69.7 Å². The van der Waals surface area contributed by atoms with Crippen LogP contribution in [0.15, 0.2) is 53.0 Å². The van der Waals surface area contributed by atoms with E-state index in [9.17, 15) is 0 Å². The van der Waals surface area contributed by atoms with Gasteiger partial charge in [-0.2, -0.15) is 0 Å². The first kappa shape index (κ1) is 16.8. The van der Waals surface area contributed by atoms with Gasteiger partial charge in [0.1, 0.15) is 0 Å². The predicted molar refractivity (Wildman–Crippen MR) is 112 cm³/mol. The van der Waals surface area contributed by atoms with Crippen LogP contribution in [0, 0.1) is 0 Å². The third-order valence-electron chi connectivity index (χ3n) is 5.80. The van der Waals surface area contributed by atoms with Gasteiger partial charge in [-0.3, -0.25) is 0 Å². The van der Waals surface area contributed by atoms with Crippen LogP contribution in [0.5, 0.6) is 0 Å². The molecule has 0 saturated heterocycles. The van der Waals surface area contributed by atoms with E-state index < -0.39 is 0 Å². The zero-order valence-electron chi connectivity index (χ0n) is 15.3. The fourth-order valence-electron chi connectivity index (χ4n) is 4.41. The van der Waals surface area contributed by atoms with Gasteiger partial charge >= 0.3 is 0 Å². The van der Waals surface area contributed by atoms with Gasteiger partial charge in [-0.25, -0.2) is 0 Å². The monoisotopic (exact) mass is 392 g/mol. The Balaban J connectivity index is 1.99. The average Bonchev–Trinajstić information content (AvgIpc) is 2.61. The van der Waals surface area contributed by atoms with Gasteiger partial charge in [-0.1, -0.05) is 85.9 Å². The predicted octanol–water partition coefficient (Wildman–Crippen LogP) is 7.64. The van der Waals surface area contributed by atoms with E-state index in [2.05, 4.69) is 85.2 Å². The summed E-state index contributed by atoms with van der Waals surface area (Å²) in [6, 6.07) is 18.4. The zero-order chi connectivity index (χ0) is 17.6. The first-order valence-corrected chi connectivity index (χ1v) is 10.2. The molecule has 0 aromatic heterocycles. The molecule has 3 aromatic rings. The average molecular weight is 393 g/mol. The number of benzene rings is 3. The van der Waals surface area contributed by atoms with Crippen LogP contribution < -0.4 is 0 Å². The third kappa shape index (κ3) is 2.64. The number of hydrogen-bond donors (Lipinski definition) is 0.